The lowest BCUT2D eigenvalue weighted by molar-refractivity contribution is 0.0260. The van der Waals surface area contributed by atoms with Gasteiger partial charge in [0.15, 0.2) is 0 Å². The van der Waals surface area contributed by atoms with E-state index in [1.807, 2.05) is 0 Å². The zero-order valence-corrected chi connectivity index (χ0v) is 13.2. The third kappa shape index (κ3) is 3.30. The SMILES string of the molecule is O=C(c1cncc(N2CCO[C@@H](C3CC3)C2)n1)N1CCOCC1. The monoisotopic (exact) mass is 318 g/mol. The molecule has 3 aliphatic rings. The molecule has 0 aromatic carbocycles. The molecule has 0 radical (unpaired) electrons. The number of hydrogen-bond acceptors (Lipinski definition) is 6. The van der Waals surface area contributed by atoms with Crippen molar-refractivity contribution in [3.8, 4) is 0 Å². The standard InChI is InChI=1S/C16H22N4O3/c21-16(19-3-6-22-7-4-19)13-9-17-10-15(18-13)20-5-8-23-14(11-20)12-1-2-12/h9-10,12,14H,1-8,11H2/t14-/m1/s1. The predicted molar refractivity (Wildman–Crippen MR) is 83.4 cm³/mol. The highest BCUT2D eigenvalue weighted by atomic mass is 16.5. The molecule has 1 saturated carbocycles. The Hall–Kier alpha value is -1.73. The fraction of sp³-hybridized carbons (Fsp3) is 0.688. The van der Waals surface area contributed by atoms with E-state index in [4.69, 9.17) is 9.47 Å². The summed E-state index contributed by atoms with van der Waals surface area (Å²) in [5, 5.41) is 0. The van der Waals surface area contributed by atoms with E-state index in [1.54, 1.807) is 17.3 Å². The lowest BCUT2D eigenvalue weighted by Crippen LogP contribution is -2.44. The smallest absolute Gasteiger partial charge is 0.274 e. The van der Waals surface area contributed by atoms with Gasteiger partial charge in [-0.3, -0.25) is 9.78 Å². The molecule has 1 aromatic heterocycles. The molecule has 2 aliphatic heterocycles. The van der Waals surface area contributed by atoms with Crippen molar-refractivity contribution in [3.63, 3.8) is 0 Å². The Morgan fingerprint density at radius 2 is 1.96 bits per heavy atom. The largest absolute Gasteiger partial charge is 0.378 e. The summed E-state index contributed by atoms with van der Waals surface area (Å²) in [5.41, 5.74) is 0.416. The molecule has 7 heteroatoms. The summed E-state index contributed by atoms with van der Waals surface area (Å²) in [6.07, 6.45) is 6.12. The maximum absolute atomic E-state index is 12.5. The topological polar surface area (TPSA) is 67.8 Å². The number of morpholine rings is 2. The molecule has 1 atom stereocenters. The number of carbonyl (C=O) groups is 1. The van der Waals surface area contributed by atoms with E-state index in [2.05, 4.69) is 14.9 Å². The third-order valence-electron chi connectivity index (χ3n) is 4.70. The van der Waals surface area contributed by atoms with Gasteiger partial charge in [-0.1, -0.05) is 0 Å². The van der Waals surface area contributed by atoms with Gasteiger partial charge in [0, 0.05) is 26.2 Å². The van der Waals surface area contributed by atoms with E-state index >= 15 is 0 Å². The molecular weight excluding hydrogens is 296 g/mol. The van der Waals surface area contributed by atoms with Gasteiger partial charge in [0.25, 0.3) is 5.91 Å². The molecule has 3 fully saturated rings. The molecule has 2 saturated heterocycles. The summed E-state index contributed by atoms with van der Waals surface area (Å²) in [6.45, 7) is 4.76. The van der Waals surface area contributed by atoms with Crippen LogP contribution in [-0.2, 0) is 9.47 Å². The van der Waals surface area contributed by atoms with Crippen molar-refractivity contribution in [1.82, 2.24) is 14.9 Å². The van der Waals surface area contributed by atoms with Crippen LogP contribution in [0.15, 0.2) is 12.4 Å². The number of rotatable bonds is 3. The average molecular weight is 318 g/mol. The molecule has 4 rings (SSSR count). The van der Waals surface area contributed by atoms with Crippen LogP contribution in [0.2, 0.25) is 0 Å². The Kier molecular flexibility index (Phi) is 4.13. The first-order valence-corrected chi connectivity index (χ1v) is 8.37. The van der Waals surface area contributed by atoms with Gasteiger partial charge < -0.3 is 19.3 Å². The molecule has 1 aliphatic carbocycles. The van der Waals surface area contributed by atoms with Crippen molar-refractivity contribution < 1.29 is 14.3 Å². The molecule has 1 aromatic rings. The van der Waals surface area contributed by atoms with E-state index in [9.17, 15) is 4.79 Å². The summed E-state index contributed by atoms with van der Waals surface area (Å²) in [4.78, 5) is 25.3. The van der Waals surface area contributed by atoms with Crippen LogP contribution in [0.4, 0.5) is 5.82 Å². The van der Waals surface area contributed by atoms with Gasteiger partial charge in [0.2, 0.25) is 0 Å². The lowest BCUT2D eigenvalue weighted by atomic mass is 10.2. The number of anilines is 1. The minimum Gasteiger partial charge on any atom is -0.378 e. The van der Waals surface area contributed by atoms with E-state index in [1.165, 1.54) is 12.8 Å². The first-order chi connectivity index (χ1) is 11.3. The number of carbonyl (C=O) groups excluding carboxylic acids is 1. The van der Waals surface area contributed by atoms with Gasteiger partial charge in [-0.2, -0.15) is 0 Å². The number of aromatic nitrogens is 2. The first-order valence-electron chi connectivity index (χ1n) is 8.37. The molecule has 23 heavy (non-hydrogen) atoms. The second-order valence-corrected chi connectivity index (χ2v) is 6.36. The second-order valence-electron chi connectivity index (χ2n) is 6.36. The van der Waals surface area contributed by atoms with Crippen LogP contribution in [0.25, 0.3) is 0 Å². The number of nitrogens with zero attached hydrogens (tertiary/aromatic N) is 4. The molecule has 0 unspecified atom stereocenters. The van der Waals surface area contributed by atoms with Gasteiger partial charge in [-0.15, -0.1) is 0 Å². The third-order valence-corrected chi connectivity index (χ3v) is 4.70. The van der Waals surface area contributed by atoms with Crippen LogP contribution in [0, 0.1) is 5.92 Å². The van der Waals surface area contributed by atoms with Crippen LogP contribution < -0.4 is 4.90 Å². The van der Waals surface area contributed by atoms with Gasteiger partial charge in [-0.05, 0) is 18.8 Å². The zero-order valence-electron chi connectivity index (χ0n) is 13.2. The van der Waals surface area contributed by atoms with Crippen molar-refractivity contribution in [2.75, 3.05) is 50.9 Å². The zero-order chi connectivity index (χ0) is 15.6. The van der Waals surface area contributed by atoms with Crippen molar-refractivity contribution >= 4 is 11.7 Å². The summed E-state index contributed by atoms with van der Waals surface area (Å²) in [5.74, 6) is 1.41. The van der Waals surface area contributed by atoms with Crippen LogP contribution in [0.3, 0.4) is 0 Å². The van der Waals surface area contributed by atoms with Gasteiger partial charge >= 0.3 is 0 Å². The van der Waals surface area contributed by atoms with Crippen molar-refractivity contribution in [2.45, 2.75) is 18.9 Å². The highest BCUT2D eigenvalue weighted by Gasteiger charge is 2.35. The maximum Gasteiger partial charge on any atom is 0.274 e. The number of ether oxygens (including phenoxy) is 2. The van der Waals surface area contributed by atoms with Crippen molar-refractivity contribution in [3.05, 3.63) is 18.1 Å². The molecule has 124 valence electrons. The summed E-state index contributed by atoms with van der Waals surface area (Å²) >= 11 is 0. The molecule has 0 spiro atoms. The van der Waals surface area contributed by atoms with Crippen LogP contribution in [0.1, 0.15) is 23.3 Å². The Morgan fingerprint density at radius 3 is 2.74 bits per heavy atom. The summed E-state index contributed by atoms with van der Waals surface area (Å²) < 4.78 is 11.1. The molecule has 3 heterocycles. The molecular formula is C16H22N4O3. The van der Waals surface area contributed by atoms with E-state index in [-0.39, 0.29) is 5.91 Å². The van der Waals surface area contributed by atoms with Crippen molar-refractivity contribution in [1.29, 1.82) is 0 Å². The fourth-order valence-corrected chi connectivity index (χ4v) is 3.18. The van der Waals surface area contributed by atoms with E-state index in [0.717, 1.165) is 18.9 Å². The van der Waals surface area contributed by atoms with Gasteiger partial charge in [0.1, 0.15) is 11.5 Å². The molecule has 0 bridgehead atoms. The summed E-state index contributed by atoms with van der Waals surface area (Å²) in [7, 11) is 0. The minimum absolute atomic E-state index is 0.0605. The van der Waals surface area contributed by atoms with Crippen LogP contribution >= 0.6 is 0 Å². The Labute approximate surface area is 135 Å². The highest BCUT2D eigenvalue weighted by molar-refractivity contribution is 5.92. The Balaban J connectivity index is 1.47. The maximum atomic E-state index is 12.5. The van der Waals surface area contributed by atoms with Crippen LogP contribution in [0.5, 0.6) is 0 Å². The van der Waals surface area contributed by atoms with E-state index in [0.29, 0.717) is 50.6 Å². The quantitative estimate of drug-likeness (QED) is 0.811. The second kappa shape index (κ2) is 6.41. The lowest BCUT2D eigenvalue weighted by Gasteiger charge is -2.34. The summed E-state index contributed by atoms with van der Waals surface area (Å²) in [6, 6.07) is 0. The Bertz CT molecular complexity index is 572. The highest BCUT2D eigenvalue weighted by Crippen LogP contribution is 2.36. The Morgan fingerprint density at radius 1 is 1.13 bits per heavy atom. The molecule has 7 nitrogen and oxygen atoms in total. The molecule has 1 amide bonds. The number of hydrogen-bond donors (Lipinski definition) is 0. The predicted octanol–water partition coefficient (Wildman–Crippen LogP) is 0.564. The average Bonchev–Trinajstić information content (AvgIpc) is 3.47. The van der Waals surface area contributed by atoms with Crippen LogP contribution in [-0.4, -0.2) is 72.9 Å². The molecule has 0 N–H and O–H groups in total. The van der Waals surface area contributed by atoms with Gasteiger partial charge in [0.05, 0.1) is 38.3 Å². The first kappa shape index (κ1) is 14.8. The van der Waals surface area contributed by atoms with E-state index < -0.39 is 0 Å². The number of amides is 1. The van der Waals surface area contributed by atoms with Crippen molar-refractivity contribution in [2.24, 2.45) is 5.92 Å². The minimum atomic E-state index is -0.0605. The van der Waals surface area contributed by atoms with Gasteiger partial charge in [-0.25, -0.2) is 4.98 Å². The fourth-order valence-electron chi connectivity index (χ4n) is 3.18. The normalized spacial score (nSPS) is 25.5.